The molecule has 0 radical (unpaired) electrons. The van der Waals surface area contributed by atoms with Gasteiger partial charge in [-0.3, -0.25) is 0 Å². The smallest absolute Gasteiger partial charge is 0.186 e. The number of hydrogen-bond acceptors (Lipinski definition) is 2. The van der Waals surface area contributed by atoms with Crippen LogP contribution in [0.25, 0.3) is 0 Å². The standard InChI is InChI=1S/C9H10Br4O2/c1-7(10,9(11,12)13)6-2-4-8(14,15)5-3-6/h2-4,14-15H,5H2,1H3. The summed E-state index contributed by atoms with van der Waals surface area (Å²) in [5.41, 5.74) is 0.951. The van der Waals surface area contributed by atoms with Gasteiger partial charge >= 0.3 is 0 Å². The van der Waals surface area contributed by atoms with E-state index in [0.29, 0.717) is 0 Å². The van der Waals surface area contributed by atoms with Gasteiger partial charge < -0.3 is 10.2 Å². The van der Waals surface area contributed by atoms with E-state index in [0.717, 1.165) is 5.57 Å². The number of halogens is 4. The molecule has 1 atom stereocenters. The molecule has 2 nitrogen and oxygen atoms in total. The van der Waals surface area contributed by atoms with Crippen molar-refractivity contribution in [1.29, 1.82) is 0 Å². The molecule has 0 saturated carbocycles. The molecule has 0 aromatic heterocycles. The maximum absolute atomic E-state index is 9.33. The molecule has 86 valence electrons. The molecule has 2 N–H and O–H groups in total. The Kier molecular flexibility index (Phi) is 4.35. The van der Waals surface area contributed by atoms with Crippen LogP contribution in [0.15, 0.2) is 23.8 Å². The molecule has 1 rings (SSSR count). The van der Waals surface area contributed by atoms with Gasteiger partial charge in [0.05, 0.1) is 4.32 Å². The quantitative estimate of drug-likeness (QED) is 0.455. The van der Waals surface area contributed by atoms with Crippen molar-refractivity contribution in [3.63, 3.8) is 0 Å². The van der Waals surface area contributed by atoms with Gasteiger partial charge in [-0.15, -0.1) is 0 Å². The van der Waals surface area contributed by atoms with Gasteiger partial charge in [-0.2, -0.15) is 0 Å². The normalized spacial score (nSPS) is 24.6. The van der Waals surface area contributed by atoms with Gasteiger partial charge in [-0.25, -0.2) is 0 Å². The zero-order valence-electron chi connectivity index (χ0n) is 7.85. The molecule has 1 aliphatic carbocycles. The Labute approximate surface area is 122 Å². The van der Waals surface area contributed by atoms with Crippen molar-refractivity contribution in [3.8, 4) is 0 Å². The predicted molar refractivity (Wildman–Crippen MR) is 75.9 cm³/mol. The van der Waals surface area contributed by atoms with E-state index in [-0.39, 0.29) is 6.42 Å². The minimum atomic E-state index is -1.72. The predicted octanol–water partition coefficient (Wildman–Crippen LogP) is 3.55. The minimum Gasteiger partial charge on any atom is -0.362 e. The lowest BCUT2D eigenvalue weighted by Crippen LogP contribution is -2.36. The lowest BCUT2D eigenvalue weighted by atomic mass is 9.94. The molecule has 15 heavy (non-hydrogen) atoms. The van der Waals surface area contributed by atoms with Crippen LogP contribution in [0.4, 0.5) is 0 Å². The highest BCUT2D eigenvalue weighted by Crippen LogP contribution is 2.53. The van der Waals surface area contributed by atoms with Crippen molar-refractivity contribution < 1.29 is 10.2 Å². The molecule has 0 amide bonds. The molecule has 0 aromatic rings. The molecule has 0 bridgehead atoms. The maximum atomic E-state index is 9.33. The van der Waals surface area contributed by atoms with Crippen LogP contribution in [-0.2, 0) is 0 Å². The van der Waals surface area contributed by atoms with Gasteiger partial charge in [0.15, 0.2) is 7.93 Å². The summed E-state index contributed by atoms with van der Waals surface area (Å²) in [6, 6.07) is 0. The number of aliphatic hydroxyl groups is 2. The third-order valence-electron chi connectivity index (χ3n) is 2.23. The summed E-state index contributed by atoms with van der Waals surface area (Å²) in [5.74, 6) is -1.72. The second kappa shape index (κ2) is 4.53. The van der Waals surface area contributed by atoms with Gasteiger partial charge in [-0.1, -0.05) is 75.9 Å². The summed E-state index contributed by atoms with van der Waals surface area (Å²) in [6.07, 6.45) is 5.04. The van der Waals surface area contributed by atoms with E-state index < -0.39 is 12.3 Å². The monoisotopic (exact) mass is 466 g/mol. The second-order valence-electron chi connectivity index (χ2n) is 3.58. The third-order valence-corrected chi connectivity index (χ3v) is 7.25. The van der Waals surface area contributed by atoms with Crippen LogP contribution in [0, 0.1) is 0 Å². The number of allylic oxidation sites excluding steroid dienone is 2. The molecule has 0 heterocycles. The molecule has 0 spiro atoms. The van der Waals surface area contributed by atoms with E-state index in [1.807, 2.05) is 6.92 Å². The molecule has 0 fully saturated rings. The summed E-state index contributed by atoms with van der Waals surface area (Å²) < 4.78 is -0.909. The molecular formula is C9H10Br4O2. The zero-order valence-corrected chi connectivity index (χ0v) is 14.2. The molecular weight excluding hydrogens is 460 g/mol. The summed E-state index contributed by atoms with van der Waals surface area (Å²) in [6.45, 7) is 1.96. The van der Waals surface area contributed by atoms with E-state index in [1.54, 1.807) is 12.2 Å². The average Bonchev–Trinajstić information content (AvgIpc) is 2.01. The fraction of sp³-hybridized carbons (Fsp3) is 0.556. The number of alkyl halides is 4. The van der Waals surface area contributed by atoms with E-state index in [4.69, 9.17) is 0 Å². The number of hydrogen-bond donors (Lipinski definition) is 2. The van der Waals surface area contributed by atoms with E-state index in [1.165, 1.54) is 6.08 Å². The van der Waals surface area contributed by atoms with Gasteiger partial charge in [0.1, 0.15) is 0 Å². The second-order valence-corrected chi connectivity index (χ2v) is 11.9. The highest BCUT2D eigenvalue weighted by atomic mass is 80.0. The molecule has 1 aliphatic rings. The highest BCUT2D eigenvalue weighted by molar-refractivity contribution is 9.40. The van der Waals surface area contributed by atoms with Crippen molar-refractivity contribution in [2.45, 2.75) is 25.6 Å². The van der Waals surface area contributed by atoms with Crippen molar-refractivity contribution in [2.24, 2.45) is 0 Å². The lowest BCUT2D eigenvalue weighted by molar-refractivity contribution is -0.115. The van der Waals surface area contributed by atoms with Crippen LogP contribution in [0.2, 0.25) is 0 Å². The van der Waals surface area contributed by atoms with Gasteiger partial charge in [0.2, 0.25) is 0 Å². The first kappa shape index (κ1) is 14.4. The Morgan fingerprint density at radius 2 is 1.80 bits per heavy atom. The molecule has 0 aromatic carbocycles. The zero-order chi connectivity index (χ0) is 11.9. The van der Waals surface area contributed by atoms with Crippen LogP contribution >= 0.6 is 63.7 Å². The Bertz CT molecular complexity index is 313. The average molecular weight is 470 g/mol. The maximum Gasteiger partial charge on any atom is 0.186 e. The van der Waals surface area contributed by atoms with E-state index in [9.17, 15) is 10.2 Å². The van der Waals surface area contributed by atoms with Crippen LogP contribution in [0.5, 0.6) is 0 Å². The first-order valence-electron chi connectivity index (χ1n) is 4.16. The van der Waals surface area contributed by atoms with Crippen LogP contribution in [0.1, 0.15) is 13.3 Å². The lowest BCUT2D eigenvalue weighted by Gasteiger charge is -2.35. The Morgan fingerprint density at radius 3 is 2.13 bits per heavy atom. The van der Waals surface area contributed by atoms with Crippen LogP contribution in [0.3, 0.4) is 0 Å². The first-order chi connectivity index (χ1) is 6.56. The first-order valence-corrected chi connectivity index (χ1v) is 7.34. The van der Waals surface area contributed by atoms with Crippen molar-refractivity contribution >= 4 is 63.7 Å². The van der Waals surface area contributed by atoms with Crippen LogP contribution in [-0.4, -0.2) is 22.5 Å². The molecule has 1 unspecified atom stereocenters. The van der Waals surface area contributed by atoms with Crippen LogP contribution < -0.4 is 0 Å². The summed E-state index contributed by atoms with van der Waals surface area (Å²) in [7, 11) is 0. The Morgan fingerprint density at radius 1 is 1.27 bits per heavy atom. The van der Waals surface area contributed by atoms with Gasteiger partial charge in [0.25, 0.3) is 0 Å². The SMILES string of the molecule is CC(Br)(C1=CCC(O)(O)C=C1)C(Br)(Br)Br. The van der Waals surface area contributed by atoms with Crippen molar-refractivity contribution in [1.82, 2.24) is 0 Å². The molecule has 0 saturated heterocycles. The van der Waals surface area contributed by atoms with Gasteiger partial charge in [0, 0.05) is 6.42 Å². The van der Waals surface area contributed by atoms with Crippen molar-refractivity contribution in [2.75, 3.05) is 0 Å². The summed E-state index contributed by atoms with van der Waals surface area (Å²) >= 11 is 13.9. The van der Waals surface area contributed by atoms with Gasteiger partial charge in [-0.05, 0) is 18.6 Å². The topological polar surface area (TPSA) is 40.5 Å². The highest BCUT2D eigenvalue weighted by Gasteiger charge is 2.43. The largest absolute Gasteiger partial charge is 0.362 e. The molecule has 6 heteroatoms. The fourth-order valence-corrected chi connectivity index (χ4v) is 2.11. The Balaban J connectivity index is 2.94. The number of rotatable bonds is 1. The third kappa shape index (κ3) is 3.39. The fourth-order valence-electron chi connectivity index (χ4n) is 1.13. The minimum absolute atomic E-state index is 0.184. The van der Waals surface area contributed by atoms with Crippen molar-refractivity contribution in [3.05, 3.63) is 23.8 Å². The summed E-state index contributed by atoms with van der Waals surface area (Å²) in [4.78, 5) is 0. The Hall–Kier alpha value is 1.32. The summed E-state index contributed by atoms with van der Waals surface area (Å²) in [5, 5.41) is 18.7. The molecule has 0 aliphatic heterocycles. The van der Waals surface area contributed by atoms with E-state index >= 15 is 0 Å². The van der Waals surface area contributed by atoms with E-state index in [2.05, 4.69) is 63.7 Å².